The van der Waals surface area contributed by atoms with Crippen molar-refractivity contribution in [3.8, 4) is 0 Å². The zero-order valence-electron chi connectivity index (χ0n) is 17.2. The van der Waals surface area contributed by atoms with E-state index in [0.29, 0.717) is 12.6 Å². The van der Waals surface area contributed by atoms with Crippen LogP contribution in [0.15, 0.2) is 48.5 Å². The standard InChI is InChI=1S/C25H30N2O2/c1-2-29-25(28)12-8-19-5-9-21(10-6-19)24-4-3-14-27(24)15-13-20-7-11-22-17-26-18-23(22)16-20/h5-12,16,24,26H,2-4,13-15,17-18H2,1H3. The van der Waals surface area contributed by atoms with Crippen molar-refractivity contribution in [1.29, 1.82) is 0 Å². The normalized spacial score (nSPS) is 19.0. The second kappa shape index (κ2) is 9.38. The number of carbonyl (C=O) groups is 1. The molecule has 0 aliphatic carbocycles. The highest BCUT2D eigenvalue weighted by atomic mass is 16.5. The molecule has 2 aliphatic heterocycles. The molecule has 4 nitrogen and oxygen atoms in total. The smallest absolute Gasteiger partial charge is 0.330 e. The van der Waals surface area contributed by atoms with Gasteiger partial charge in [0.15, 0.2) is 0 Å². The maximum absolute atomic E-state index is 11.5. The van der Waals surface area contributed by atoms with Crippen molar-refractivity contribution in [2.24, 2.45) is 0 Å². The molecule has 1 unspecified atom stereocenters. The molecule has 0 radical (unpaired) electrons. The van der Waals surface area contributed by atoms with E-state index in [1.54, 1.807) is 0 Å². The van der Waals surface area contributed by atoms with Gasteiger partial charge in [-0.2, -0.15) is 0 Å². The highest BCUT2D eigenvalue weighted by molar-refractivity contribution is 5.87. The molecule has 2 aromatic rings. The van der Waals surface area contributed by atoms with Gasteiger partial charge in [-0.3, -0.25) is 4.90 Å². The highest BCUT2D eigenvalue weighted by Gasteiger charge is 2.25. The third kappa shape index (κ3) is 4.95. The summed E-state index contributed by atoms with van der Waals surface area (Å²) in [6, 6.07) is 16.0. The molecule has 1 N–H and O–H groups in total. The lowest BCUT2D eigenvalue weighted by molar-refractivity contribution is -0.137. The SMILES string of the molecule is CCOC(=O)C=Cc1ccc(C2CCCN2CCc2ccc3c(c2)CNC3)cc1. The van der Waals surface area contributed by atoms with E-state index in [0.717, 1.165) is 31.6 Å². The van der Waals surface area contributed by atoms with E-state index in [1.807, 2.05) is 13.0 Å². The fraction of sp³-hybridized carbons (Fsp3) is 0.400. The molecule has 152 valence electrons. The molecule has 1 atom stereocenters. The Kier molecular flexibility index (Phi) is 6.43. The first-order valence-corrected chi connectivity index (χ1v) is 10.7. The summed E-state index contributed by atoms with van der Waals surface area (Å²) in [5.41, 5.74) is 6.75. The van der Waals surface area contributed by atoms with Gasteiger partial charge in [-0.05, 0) is 66.6 Å². The molecule has 1 fully saturated rings. The molecule has 0 spiro atoms. The van der Waals surface area contributed by atoms with Gasteiger partial charge in [0.25, 0.3) is 0 Å². The Hall–Kier alpha value is -2.43. The van der Waals surface area contributed by atoms with Crippen molar-refractivity contribution in [3.63, 3.8) is 0 Å². The molecule has 0 aromatic heterocycles. The zero-order chi connectivity index (χ0) is 20.1. The Morgan fingerprint density at radius 1 is 1.17 bits per heavy atom. The van der Waals surface area contributed by atoms with Crippen molar-refractivity contribution >= 4 is 12.0 Å². The predicted molar refractivity (Wildman–Crippen MR) is 116 cm³/mol. The van der Waals surface area contributed by atoms with Gasteiger partial charge in [0, 0.05) is 31.8 Å². The number of carbonyl (C=O) groups excluding carboxylic acids is 1. The number of fused-ring (bicyclic) bond motifs is 1. The second-order valence-corrected chi connectivity index (χ2v) is 7.90. The molecular weight excluding hydrogens is 360 g/mol. The van der Waals surface area contributed by atoms with E-state index in [4.69, 9.17) is 4.74 Å². The van der Waals surface area contributed by atoms with Crippen LogP contribution in [0.3, 0.4) is 0 Å². The minimum Gasteiger partial charge on any atom is -0.463 e. The minimum atomic E-state index is -0.291. The summed E-state index contributed by atoms with van der Waals surface area (Å²) in [6.45, 7) is 6.50. The summed E-state index contributed by atoms with van der Waals surface area (Å²) in [4.78, 5) is 14.1. The van der Waals surface area contributed by atoms with E-state index in [9.17, 15) is 4.79 Å². The molecule has 2 heterocycles. The Morgan fingerprint density at radius 3 is 2.83 bits per heavy atom. The van der Waals surface area contributed by atoms with Crippen LogP contribution in [0.25, 0.3) is 6.08 Å². The van der Waals surface area contributed by atoms with Crippen molar-refractivity contribution in [2.75, 3.05) is 19.7 Å². The Bertz CT molecular complexity index is 873. The first-order valence-electron chi connectivity index (χ1n) is 10.7. The quantitative estimate of drug-likeness (QED) is 0.567. The van der Waals surface area contributed by atoms with Gasteiger partial charge >= 0.3 is 5.97 Å². The topological polar surface area (TPSA) is 41.6 Å². The van der Waals surface area contributed by atoms with Crippen LogP contribution in [0.4, 0.5) is 0 Å². The molecule has 29 heavy (non-hydrogen) atoms. The van der Waals surface area contributed by atoms with E-state index in [1.165, 1.54) is 47.7 Å². The molecule has 4 rings (SSSR count). The maximum atomic E-state index is 11.5. The lowest BCUT2D eigenvalue weighted by atomic mass is 10.0. The summed E-state index contributed by atoms with van der Waals surface area (Å²) >= 11 is 0. The first-order chi connectivity index (χ1) is 14.2. The van der Waals surface area contributed by atoms with Crippen molar-refractivity contribution in [3.05, 3.63) is 76.4 Å². The van der Waals surface area contributed by atoms with Gasteiger partial charge in [-0.1, -0.05) is 42.5 Å². The molecule has 2 aromatic carbocycles. The van der Waals surface area contributed by atoms with Gasteiger partial charge in [0.2, 0.25) is 0 Å². The van der Waals surface area contributed by atoms with Crippen LogP contribution in [0, 0.1) is 0 Å². The number of likely N-dealkylation sites (tertiary alicyclic amines) is 1. The molecule has 2 aliphatic rings. The van der Waals surface area contributed by atoms with Crippen LogP contribution in [0.2, 0.25) is 0 Å². The third-order valence-electron chi connectivity index (χ3n) is 5.97. The number of rotatable bonds is 7. The van der Waals surface area contributed by atoms with E-state index < -0.39 is 0 Å². The largest absolute Gasteiger partial charge is 0.463 e. The van der Waals surface area contributed by atoms with E-state index in [-0.39, 0.29) is 5.97 Å². The number of esters is 1. The highest BCUT2D eigenvalue weighted by Crippen LogP contribution is 2.32. The number of nitrogens with one attached hydrogen (secondary N) is 1. The summed E-state index contributed by atoms with van der Waals surface area (Å²) in [5, 5.41) is 3.43. The van der Waals surface area contributed by atoms with Gasteiger partial charge in [0.1, 0.15) is 0 Å². The first kappa shape index (κ1) is 19.9. The van der Waals surface area contributed by atoms with Crippen molar-refractivity contribution in [1.82, 2.24) is 10.2 Å². The van der Waals surface area contributed by atoms with Gasteiger partial charge < -0.3 is 10.1 Å². The average molecular weight is 391 g/mol. The van der Waals surface area contributed by atoms with Crippen molar-refractivity contribution < 1.29 is 9.53 Å². The van der Waals surface area contributed by atoms with Crippen LogP contribution in [-0.2, 0) is 29.0 Å². The molecule has 4 heteroatoms. The summed E-state index contributed by atoms with van der Waals surface area (Å²) in [6.07, 6.45) is 6.88. The molecule has 0 amide bonds. The summed E-state index contributed by atoms with van der Waals surface area (Å²) < 4.78 is 4.93. The maximum Gasteiger partial charge on any atom is 0.330 e. The fourth-order valence-corrected chi connectivity index (χ4v) is 4.43. The number of hydrogen-bond acceptors (Lipinski definition) is 4. The van der Waals surface area contributed by atoms with Gasteiger partial charge in [-0.25, -0.2) is 4.79 Å². The number of ether oxygens (including phenoxy) is 1. The molecular formula is C25H30N2O2. The lowest BCUT2D eigenvalue weighted by Crippen LogP contribution is -2.25. The zero-order valence-corrected chi connectivity index (χ0v) is 17.2. The summed E-state index contributed by atoms with van der Waals surface area (Å²) in [5.74, 6) is -0.291. The van der Waals surface area contributed by atoms with E-state index in [2.05, 4.69) is 52.7 Å². The summed E-state index contributed by atoms with van der Waals surface area (Å²) in [7, 11) is 0. The minimum absolute atomic E-state index is 0.291. The number of benzene rings is 2. The van der Waals surface area contributed by atoms with Crippen LogP contribution in [-0.4, -0.2) is 30.6 Å². The van der Waals surface area contributed by atoms with Crippen LogP contribution < -0.4 is 5.32 Å². The lowest BCUT2D eigenvalue weighted by Gasteiger charge is -2.25. The predicted octanol–water partition coefficient (Wildman–Crippen LogP) is 4.25. The van der Waals surface area contributed by atoms with E-state index >= 15 is 0 Å². The van der Waals surface area contributed by atoms with Crippen LogP contribution in [0.1, 0.15) is 53.6 Å². The molecule has 0 bridgehead atoms. The second-order valence-electron chi connectivity index (χ2n) is 7.90. The fourth-order valence-electron chi connectivity index (χ4n) is 4.43. The molecule has 1 saturated heterocycles. The Morgan fingerprint density at radius 2 is 2.00 bits per heavy atom. The number of hydrogen-bond donors (Lipinski definition) is 1. The Balaban J connectivity index is 1.36. The third-order valence-corrected chi connectivity index (χ3v) is 5.97. The Labute approximate surface area is 173 Å². The van der Waals surface area contributed by atoms with Crippen LogP contribution in [0.5, 0.6) is 0 Å². The van der Waals surface area contributed by atoms with Gasteiger partial charge in [-0.15, -0.1) is 0 Å². The molecule has 0 saturated carbocycles. The average Bonchev–Trinajstić information content (AvgIpc) is 3.40. The van der Waals surface area contributed by atoms with Crippen LogP contribution >= 0.6 is 0 Å². The van der Waals surface area contributed by atoms with Gasteiger partial charge in [0.05, 0.1) is 6.61 Å². The monoisotopic (exact) mass is 390 g/mol. The van der Waals surface area contributed by atoms with Crippen molar-refractivity contribution in [2.45, 2.75) is 45.3 Å². The number of nitrogens with zero attached hydrogens (tertiary/aromatic N) is 1.